The summed E-state index contributed by atoms with van der Waals surface area (Å²) in [6.07, 6.45) is 4.51. The highest BCUT2D eigenvalue weighted by atomic mass is 35.5. The van der Waals surface area contributed by atoms with Gasteiger partial charge in [-0.1, -0.05) is 60.1 Å². The molecule has 6 heteroatoms. The van der Waals surface area contributed by atoms with Crippen LogP contribution in [0.3, 0.4) is 0 Å². The van der Waals surface area contributed by atoms with Gasteiger partial charge < -0.3 is 15.0 Å². The van der Waals surface area contributed by atoms with Crippen LogP contribution in [0.4, 0.5) is 0 Å². The van der Waals surface area contributed by atoms with Gasteiger partial charge in [0.1, 0.15) is 5.75 Å². The van der Waals surface area contributed by atoms with E-state index in [0.29, 0.717) is 11.4 Å². The van der Waals surface area contributed by atoms with Crippen LogP contribution in [0.1, 0.15) is 22.9 Å². The number of methoxy groups -OCH3 is 1. The van der Waals surface area contributed by atoms with E-state index in [2.05, 4.69) is 22.4 Å². The smallest absolute Gasteiger partial charge is 0.225 e. The molecule has 0 fully saturated rings. The summed E-state index contributed by atoms with van der Waals surface area (Å²) in [7, 11) is 1.64. The molecule has 0 radical (unpaired) electrons. The molecule has 0 spiro atoms. The lowest BCUT2D eigenvalue weighted by Crippen LogP contribution is -2.32. The largest absolute Gasteiger partial charge is 0.497 e. The number of benzene rings is 3. The van der Waals surface area contributed by atoms with E-state index in [1.165, 1.54) is 0 Å². The number of nitrogens with one attached hydrogen (secondary N) is 2. The standard InChI is InChI=1S/C30H26ClN3O2/c1-36-24-13-14-27-26(18-24)22(19-33-27)17-29(35)34-28(16-20-6-3-2-4-7-20)30-25(8-5-15-32-30)21-9-11-23(31)12-10-21/h2-15,18-19,28,33H,16-17H2,1H3,(H,34,35). The Balaban J connectivity index is 1.46. The van der Waals surface area contributed by atoms with Crippen molar-refractivity contribution in [1.82, 2.24) is 15.3 Å². The van der Waals surface area contributed by atoms with Crippen molar-refractivity contribution in [2.45, 2.75) is 18.9 Å². The third kappa shape index (κ3) is 5.26. The van der Waals surface area contributed by atoms with Crippen LogP contribution >= 0.6 is 11.6 Å². The van der Waals surface area contributed by atoms with Gasteiger partial charge in [0.25, 0.3) is 0 Å². The summed E-state index contributed by atoms with van der Waals surface area (Å²) in [5.74, 6) is 0.680. The Kier molecular flexibility index (Phi) is 7.01. The molecule has 2 aromatic heterocycles. The second-order valence-electron chi connectivity index (χ2n) is 8.66. The highest BCUT2D eigenvalue weighted by Crippen LogP contribution is 2.30. The number of carbonyl (C=O) groups is 1. The SMILES string of the molecule is COc1ccc2[nH]cc(CC(=O)NC(Cc3ccccc3)c3ncccc3-c3ccc(Cl)cc3)c2c1. The first kappa shape index (κ1) is 23.6. The molecule has 2 N–H and O–H groups in total. The molecule has 0 bridgehead atoms. The lowest BCUT2D eigenvalue weighted by Gasteiger charge is -2.21. The number of rotatable bonds is 8. The third-order valence-electron chi connectivity index (χ3n) is 6.27. The Bertz CT molecular complexity index is 1480. The number of nitrogens with zero attached hydrogens (tertiary/aromatic N) is 1. The average Bonchev–Trinajstić information content (AvgIpc) is 3.31. The molecule has 0 aliphatic heterocycles. The van der Waals surface area contributed by atoms with Gasteiger partial charge in [-0.2, -0.15) is 0 Å². The molecule has 5 rings (SSSR count). The van der Waals surface area contributed by atoms with E-state index in [4.69, 9.17) is 21.3 Å². The second kappa shape index (κ2) is 10.7. The van der Waals surface area contributed by atoms with E-state index < -0.39 is 0 Å². The fraction of sp³-hybridized carbons (Fsp3) is 0.133. The number of H-pyrrole nitrogens is 1. The van der Waals surface area contributed by atoms with Crippen LogP contribution in [0.25, 0.3) is 22.0 Å². The van der Waals surface area contributed by atoms with Crippen molar-refractivity contribution in [3.05, 3.63) is 119 Å². The second-order valence-corrected chi connectivity index (χ2v) is 9.09. The monoisotopic (exact) mass is 495 g/mol. The van der Waals surface area contributed by atoms with Crippen molar-refractivity contribution in [2.75, 3.05) is 7.11 Å². The van der Waals surface area contributed by atoms with Crippen LogP contribution < -0.4 is 10.1 Å². The number of fused-ring (bicyclic) bond motifs is 1. The van der Waals surface area contributed by atoms with Gasteiger partial charge in [-0.25, -0.2) is 0 Å². The van der Waals surface area contributed by atoms with Gasteiger partial charge in [-0.05, 0) is 59.5 Å². The van der Waals surface area contributed by atoms with Gasteiger partial charge in [0.2, 0.25) is 5.91 Å². The lowest BCUT2D eigenvalue weighted by atomic mass is 9.95. The molecule has 0 saturated heterocycles. The van der Waals surface area contributed by atoms with Crippen LogP contribution in [-0.4, -0.2) is 23.0 Å². The molecule has 1 atom stereocenters. The first-order valence-electron chi connectivity index (χ1n) is 11.8. The van der Waals surface area contributed by atoms with Crippen LogP contribution in [0.2, 0.25) is 5.02 Å². The summed E-state index contributed by atoms with van der Waals surface area (Å²) in [5, 5.41) is 4.91. The van der Waals surface area contributed by atoms with E-state index in [1.807, 2.05) is 79.0 Å². The molecule has 5 aromatic rings. The molecule has 36 heavy (non-hydrogen) atoms. The van der Waals surface area contributed by atoms with Gasteiger partial charge in [0.05, 0.1) is 25.3 Å². The van der Waals surface area contributed by atoms with Crippen LogP contribution in [-0.2, 0) is 17.6 Å². The first-order chi connectivity index (χ1) is 17.6. The quantitative estimate of drug-likeness (QED) is 0.257. The summed E-state index contributed by atoms with van der Waals surface area (Å²) < 4.78 is 5.37. The maximum Gasteiger partial charge on any atom is 0.225 e. The number of carbonyl (C=O) groups excluding carboxylic acids is 1. The summed E-state index contributed by atoms with van der Waals surface area (Å²) in [5.41, 5.74) is 5.78. The fourth-order valence-electron chi connectivity index (χ4n) is 4.48. The van der Waals surface area contributed by atoms with Crippen LogP contribution in [0.15, 0.2) is 97.3 Å². The van der Waals surface area contributed by atoms with Crippen molar-refractivity contribution in [2.24, 2.45) is 0 Å². The zero-order valence-electron chi connectivity index (χ0n) is 19.9. The Morgan fingerprint density at radius 1 is 1.03 bits per heavy atom. The number of halogens is 1. The Labute approximate surface area is 215 Å². The van der Waals surface area contributed by atoms with E-state index in [9.17, 15) is 4.79 Å². The zero-order valence-corrected chi connectivity index (χ0v) is 20.6. The van der Waals surface area contributed by atoms with Crippen LogP contribution in [0.5, 0.6) is 5.75 Å². The van der Waals surface area contributed by atoms with Gasteiger partial charge in [-0.3, -0.25) is 9.78 Å². The molecule has 0 saturated carbocycles. The lowest BCUT2D eigenvalue weighted by molar-refractivity contribution is -0.121. The molecule has 2 heterocycles. The predicted molar refractivity (Wildman–Crippen MR) is 144 cm³/mol. The Morgan fingerprint density at radius 3 is 2.61 bits per heavy atom. The molecular formula is C30H26ClN3O2. The number of amides is 1. The van der Waals surface area contributed by atoms with Gasteiger partial charge in [0, 0.05) is 33.9 Å². The van der Waals surface area contributed by atoms with Crippen molar-refractivity contribution in [3.8, 4) is 16.9 Å². The maximum absolute atomic E-state index is 13.4. The minimum Gasteiger partial charge on any atom is -0.497 e. The topological polar surface area (TPSA) is 67.0 Å². The van der Waals surface area contributed by atoms with Crippen molar-refractivity contribution >= 4 is 28.4 Å². The molecule has 5 nitrogen and oxygen atoms in total. The summed E-state index contributed by atoms with van der Waals surface area (Å²) in [6, 6.07) is 27.3. The molecular weight excluding hydrogens is 470 g/mol. The number of hydrogen-bond donors (Lipinski definition) is 2. The predicted octanol–water partition coefficient (Wildman–Crippen LogP) is 6.53. The van der Waals surface area contributed by atoms with E-state index in [-0.39, 0.29) is 18.4 Å². The molecule has 0 aliphatic carbocycles. The van der Waals surface area contributed by atoms with E-state index in [1.54, 1.807) is 13.3 Å². The zero-order chi connectivity index (χ0) is 24.9. The van der Waals surface area contributed by atoms with Gasteiger partial charge in [0.15, 0.2) is 0 Å². The Hall–Kier alpha value is -4.09. The number of ether oxygens (including phenoxy) is 1. The highest BCUT2D eigenvalue weighted by molar-refractivity contribution is 6.30. The Morgan fingerprint density at radius 2 is 1.83 bits per heavy atom. The highest BCUT2D eigenvalue weighted by Gasteiger charge is 2.21. The van der Waals surface area contributed by atoms with E-state index >= 15 is 0 Å². The summed E-state index contributed by atoms with van der Waals surface area (Å²) in [6.45, 7) is 0. The van der Waals surface area contributed by atoms with Crippen LogP contribution in [0, 0.1) is 0 Å². The molecule has 1 unspecified atom stereocenters. The fourth-order valence-corrected chi connectivity index (χ4v) is 4.61. The number of aromatic amines is 1. The summed E-state index contributed by atoms with van der Waals surface area (Å²) >= 11 is 6.12. The maximum atomic E-state index is 13.4. The molecule has 180 valence electrons. The first-order valence-corrected chi connectivity index (χ1v) is 12.2. The van der Waals surface area contributed by atoms with E-state index in [0.717, 1.165) is 44.6 Å². The number of pyridine rings is 1. The van der Waals surface area contributed by atoms with Crippen molar-refractivity contribution in [1.29, 1.82) is 0 Å². The summed E-state index contributed by atoms with van der Waals surface area (Å²) in [4.78, 5) is 21.3. The normalized spacial score (nSPS) is 11.8. The third-order valence-corrected chi connectivity index (χ3v) is 6.52. The number of aromatic nitrogens is 2. The molecule has 3 aromatic carbocycles. The average molecular weight is 496 g/mol. The van der Waals surface area contributed by atoms with Crippen molar-refractivity contribution < 1.29 is 9.53 Å². The van der Waals surface area contributed by atoms with Gasteiger partial charge in [-0.15, -0.1) is 0 Å². The van der Waals surface area contributed by atoms with Gasteiger partial charge >= 0.3 is 0 Å². The number of hydrogen-bond acceptors (Lipinski definition) is 3. The molecule has 0 aliphatic rings. The minimum absolute atomic E-state index is 0.0765. The minimum atomic E-state index is -0.313. The molecule has 1 amide bonds. The van der Waals surface area contributed by atoms with Crippen molar-refractivity contribution in [3.63, 3.8) is 0 Å².